The van der Waals surface area contributed by atoms with Crippen LogP contribution in [0.4, 0.5) is 26.3 Å². The molecule has 0 aliphatic carbocycles. The summed E-state index contributed by atoms with van der Waals surface area (Å²) in [6, 6.07) is 0. The van der Waals surface area contributed by atoms with Crippen LogP contribution in [0, 0.1) is 5.41 Å². The molecule has 0 aromatic carbocycles. The number of rotatable bonds is 6. The maximum Gasteiger partial charge on any atom is 0.437 e. The average molecular weight is 409 g/mol. The third-order valence-electron chi connectivity index (χ3n) is 3.77. The molecule has 0 aromatic rings. The van der Waals surface area contributed by atoms with Gasteiger partial charge >= 0.3 is 29.9 Å². The zero-order chi connectivity index (χ0) is 21.4. The molecule has 1 aliphatic heterocycles. The topological polar surface area (TPSA) is 102 Å². The van der Waals surface area contributed by atoms with E-state index in [0.717, 1.165) is 6.92 Å². The Morgan fingerprint density at radius 3 is 2.04 bits per heavy atom. The van der Waals surface area contributed by atoms with Gasteiger partial charge in [-0.2, -0.15) is 26.3 Å². The standard InChI is InChI=1S/C14H16F6O7/c1-6(26-8-10(24)25-5-11(8,2)3)9(23)27-12(4-7(21)22,13(15,16)17)14(18,19)20/h6,8H,4-5H2,1-3H3,(H,21,22)/p-1. The highest BCUT2D eigenvalue weighted by molar-refractivity contribution is 5.80. The van der Waals surface area contributed by atoms with Crippen LogP contribution < -0.4 is 5.11 Å². The van der Waals surface area contributed by atoms with Crippen LogP contribution in [0.3, 0.4) is 0 Å². The Balaban J connectivity index is 3.12. The van der Waals surface area contributed by atoms with Crippen LogP contribution in [0.5, 0.6) is 0 Å². The van der Waals surface area contributed by atoms with E-state index in [1.54, 1.807) is 0 Å². The van der Waals surface area contributed by atoms with Gasteiger partial charge in [0.15, 0.2) is 12.2 Å². The number of carbonyl (C=O) groups is 3. The predicted molar refractivity (Wildman–Crippen MR) is 69.6 cm³/mol. The van der Waals surface area contributed by atoms with Crippen molar-refractivity contribution in [2.45, 2.75) is 57.4 Å². The fraction of sp³-hybridized carbons (Fsp3) is 0.786. The van der Waals surface area contributed by atoms with E-state index in [-0.39, 0.29) is 6.61 Å². The molecule has 1 rings (SSSR count). The third kappa shape index (κ3) is 4.62. The first-order valence-corrected chi connectivity index (χ1v) is 7.33. The van der Waals surface area contributed by atoms with Crippen LogP contribution in [0.25, 0.3) is 0 Å². The van der Waals surface area contributed by atoms with Crippen molar-refractivity contribution in [1.29, 1.82) is 0 Å². The summed E-state index contributed by atoms with van der Waals surface area (Å²) >= 11 is 0. The van der Waals surface area contributed by atoms with Gasteiger partial charge in [0, 0.05) is 17.8 Å². The van der Waals surface area contributed by atoms with E-state index in [4.69, 9.17) is 4.74 Å². The molecule has 0 N–H and O–H groups in total. The molecule has 27 heavy (non-hydrogen) atoms. The van der Waals surface area contributed by atoms with Gasteiger partial charge in [-0.25, -0.2) is 9.59 Å². The number of aliphatic carboxylic acids is 1. The largest absolute Gasteiger partial charge is 0.550 e. The minimum atomic E-state index is -6.31. The number of esters is 2. The minimum absolute atomic E-state index is 0.155. The number of cyclic esters (lactones) is 1. The lowest BCUT2D eigenvalue weighted by atomic mass is 9.89. The van der Waals surface area contributed by atoms with Gasteiger partial charge in [-0.1, -0.05) is 13.8 Å². The lowest BCUT2D eigenvalue weighted by molar-refractivity contribution is -0.382. The van der Waals surface area contributed by atoms with E-state index in [2.05, 4.69) is 9.47 Å². The van der Waals surface area contributed by atoms with Crippen molar-refractivity contribution in [3.05, 3.63) is 0 Å². The number of carboxylic acids is 1. The maximum absolute atomic E-state index is 13.0. The minimum Gasteiger partial charge on any atom is -0.550 e. The SMILES string of the molecule is CC(OC1C(=O)OCC1(C)C)C(=O)OC(CC(=O)[O-])(C(F)(F)F)C(F)(F)F. The average Bonchev–Trinajstić information content (AvgIpc) is 2.70. The second-order valence-electron chi connectivity index (χ2n) is 6.55. The summed E-state index contributed by atoms with van der Waals surface area (Å²) in [6.07, 6.45) is -18.8. The molecule has 0 amide bonds. The Kier molecular flexibility index (Phi) is 6.10. The van der Waals surface area contributed by atoms with Gasteiger partial charge in [0.1, 0.15) is 0 Å². The third-order valence-corrected chi connectivity index (χ3v) is 3.77. The van der Waals surface area contributed by atoms with Gasteiger partial charge < -0.3 is 24.1 Å². The second kappa shape index (κ2) is 7.17. The molecule has 2 atom stereocenters. The molecule has 0 bridgehead atoms. The predicted octanol–water partition coefficient (Wildman–Crippen LogP) is 0.890. The highest BCUT2D eigenvalue weighted by Crippen LogP contribution is 2.48. The summed E-state index contributed by atoms with van der Waals surface area (Å²) in [5.41, 5.74) is -6.35. The monoisotopic (exact) mass is 409 g/mol. The first kappa shape index (κ1) is 23.0. The van der Waals surface area contributed by atoms with Crippen molar-refractivity contribution in [2.24, 2.45) is 5.41 Å². The van der Waals surface area contributed by atoms with Crippen LogP contribution in [-0.4, -0.2) is 54.7 Å². The van der Waals surface area contributed by atoms with Gasteiger partial charge in [0.2, 0.25) is 0 Å². The Hall–Kier alpha value is -2.05. The smallest absolute Gasteiger partial charge is 0.437 e. The fourth-order valence-electron chi connectivity index (χ4n) is 2.20. The van der Waals surface area contributed by atoms with Crippen LogP contribution in [0.1, 0.15) is 27.2 Å². The molecule has 2 unspecified atom stereocenters. The molecule has 156 valence electrons. The van der Waals surface area contributed by atoms with E-state index in [1.807, 2.05) is 0 Å². The number of ether oxygens (including phenoxy) is 3. The zero-order valence-electron chi connectivity index (χ0n) is 14.2. The summed E-state index contributed by atoms with van der Waals surface area (Å²) in [7, 11) is 0. The van der Waals surface area contributed by atoms with E-state index in [0.29, 0.717) is 0 Å². The molecule has 1 heterocycles. The van der Waals surface area contributed by atoms with Crippen molar-refractivity contribution >= 4 is 17.9 Å². The molecule has 13 heteroatoms. The van der Waals surface area contributed by atoms with E-state index < -0.39 is 59.9 Å². The van der Waals surface area contributed by atoms with Crippen LogP contribution in [0.2, 0.25) is 0 Å². The quantitative estimate of drug-likeness (QED) is 0.474. The molecule has 0 saturated carbocycles. The van der Waals surface area contributed by atoms with E-state index >= 15 is 0 Å². The van der Waals surface area contributed by atoms with Crippen molar-refractivity contribution in [1.82, 2.24) is 0 Å². The number of hydrogen-bond donors (Lipinski definition) is 0. The van der Waals surface area contributed by atoms with Crippen LogP contribution in [-0.2, 0) is 28.6 Å². The first-order chi connectivity index (χ1) is 11.9. The molecule has 1 fully saturated rings. The van der Waals surface area contributed by atoms with Crippen LogP contribution in [0.15, 0.2) is 0 Å². The highest BCUT2D eigenvalue weighted by atomic mass is 19.4. The Bertz CT molecular complexity index is 596. The van der Waals surface area contributed by atoms with Crippen molar-refractivity contribution in [2.75, 3.05) is 6.61 Å². The molecule has 1 aliphatic rings. The number of alkyl halides is 6. The van der Waals surface area contributed by atoms with E-state index in [1.165, 1.54) is 13.8 Å². The number of carbonyl (C=O) groups excluding carboxylic acids is 3. The van der Waals surface area contributed by atoms with Gasteiger partial charge in [-0.15, -0.1) is 0 Å². The first-order valence-electron chi connectivity index (χ1n) is 7.33. The fourth-order valence-corrected chi connectivity index (χ4v) is 2.20. The Morgan fingerprint density at radius 2 is 1.70 bits per heavy atom. The zero-order valence-corrected chi connectivity index (χ0v) is 14.2. The molecule has 7 nitrogen and oxygen atoms in total. The molecule has 1 saturated heterocycles. The molecule has 0 radical (unpaired) electrons. The van der Waals surface area contributed by atoms with Crippen molar-refractivity contribution < 1.29 is 60.0 Å². The second-order valence-corrected chi connectivity index (χ2v) is 6.55. The van der Waals surface area contributed by atoms with Crippen molar-refractivity contribution in [3.8, 4) is 0 Å². The molecular weight excluding hydrogens is 394 g/mol. The number of halogens is 6. The summed E-state index contributed by atoms with van der Waals surface area (Å²) in [4.78, 5) is 33.8. The summed E-state index contributed by atoms with van der Waals surface area (Å²) in [6.45, 7) is 3.50. The summed E-state index contributed by atoms with van der Waals surface area (Å²) < 4.78 is 91.4. The lowest BCUT2D eigenvalue weighted by Gasteiger charge is -2.37. The van der Waals surface area contributed by atoms with Gasteiger partial charge in [0.25, 0.3) is 0 Å². The van der Waals surface area contributed by atoms with Gasteiger partial charge in [0.05, 0.1) is 6.61 Å². The normalized spacial score (nSPS) is 21.5. The summed E-state index contributed by atoms with van der Waals surface area (Å²) in [5, 5.41) is 10.5. The highest BCUT2D eigenvalue weighted by Gasteiger charge is 2.74. The number of hydrogen-bond acceptors (Lipinski definition) is 7. The number of carboxylic acid groups (broad SMARTS) is 1. The van der Waals surface area contributed by atoms with Gasteiger partial charge in [-0.05, 0) is 6.92 Å². The van der Waals surface area contributed by atoms with E-state index in [9.17, 15) is 45.8 Å². The summed E-state index contributed by atoms with van der Waals surface area (Å²) in [5.74, 6) is -5.87. The maximum atomic E-state index is 13.0. The van der Waals surface area contributed by atoms with Crippen molar-refractivity contribution in [3.63, 3.8) is 0 Å². The lowest BCUT2D eigenvalue weighted by Crippen LogP contribution is -2.62. The Labute approximate surface area is 148 Å². The Morgan fingerprint density at radius 1 is 1.22 bits per heavy atom. The van der Waals surface area contributed by atoms with Crippen LogP contribution >= 0.6 is 0 Å². The molecular formula is C14H15F6O7-. The molecule has 0 aromatic heterocycles. The molecule has 0 spiro atoms. The van der Waals surface area contributed by atoms with Gasteiger partial charge in [-0.3, -0.25) is 0 Å².